The molecule has 0 spiro atoms. The zero-order valence-electron chi connectivity index (χ0n) is 19.1. The maximum Gasteiger partial charge on any atom is 0.256 e. The maximum atomic E-state index is 13.2. The van der Waals surface area contributed by atoms with Crippen LogP contribution in [0.1, 0.15) is 32.1 Å². The van der Waals surface area contributed by atoms with Crippen molar-refractivity contribution in [2.45, 2.75) is 10.6 Å². The average Bonchev–Trinajstić information content (AvgIpc) is 3.41. The van der Waals surface area contributed by atoms with E-state index in [4.69, 9.17) is 0 Å². The molecule has 0 atom stereocenters. The number of thioether (sulfide) groups is 1. The van der Waals surface area contributed by atoms with Gasteiger partial charge in [0.05, 0.1) is 17.0 Å². The fourth-order valence-corrected chi connectivity index (χ4v) is 4.64. The number of anilines is 1. The van der Waals surface area contributed by atoms with E-state index in [0.29, 0.717) is 34.0 Å². The van der Waals surface area contributed by atoms with Gasteiger partial charge < -0.3 is 5.32 Å². The van der Waals surface area contributed by atoms with E-state index in [0.717, 1.165) is 10.6 Å². The first-order valence-electron chi connectivity index (χ1n) is 11.2. The molecule has 1 amide bonds. The summed E-state index contributed by atoms with van der Waals surface area (Å²) in [5.41, 5.74) is 3.06. The van der Waals surface area contributed by atoms with Crippen molar-refractivity contribution < 1.29 is 9.59 Å². The van der Waals surface area contributed by atoms with Gasteiger partial charge in [0, 0.05) is 21.7 Å². The number of hydrogen-bond donors (Lipinski definition) is 1. The highest BCUT2D eigenvalue weighted by Gasteiger charge is 2.15. The maximum absolute atomic E-state index is 13.2. The van der Waals surface area contributed by atoms with Gasteiger partial charge in [-0.3, -0.25) is 9.59 Å². The van der Waals surface area contributed by atoms with Crippen LogP contribution in [0, 0.1) is 0 Å². The number of rotatable bonds is 8. The molecule has 5 aromatic rings. The SMILES string of the molecule is O=C(c1ccccc1)c1cccc(NC(=O)c2ccccc2SCc2nnnn2-c2ccccc2)c1. The number of nitrogens with one attached hydrogen (secondary N) is 1. The third-order valence-corrected chi connectivity index (χ3v) is 6.51. The minimum Gasteiger partial charge on any atom is -0.322 e. The molecule has 7 nitrogen and oxygen atoms in total. The molecule has 1 heterocycles. The van der Waals surface area contributed by atoms with Crippen LogP contribution in [-0.2, 0) is 5.75 Å². The van der Waals surface area contributed by atoms with Crippen molar-refractivity contribution in [3.63, 3.8) is 0 Å². The van der Waals surface area contributed by atoms with Crippen molar-refractivity contribution in [1.82, 2.24) is 20.2 Å². The first-order valence-corrected chi connectivity index (χ1v) is 12.2. The Bertz CT molecular complexity index is 1500. The largest absolute Gasteiger partial charge is 0.322 e. The van der Waals surface area contributed by atoms with Crippen LogP contribution in [0.3, 0.4) is 0 Å². The topological polar surface area (TPSA) is 89.8 Å². The van der Waals surface area contributed by atoms with Crippen LogP contribution in [0.4, 0.5) is 5.69 Å². The molecule has 0 radical (unpaired) electrons. The lowest BCUT2D eigenvalue weighted by Crippen LogP contribution is -2.13. The first kappa shape index (κ1) is 23.2. The molecule has 4 aromatic carbocycles. The molecule has 1 N–H and O–H groups in total. The van der Waals surface area contributed by atoms with Crippen LogP contribution >= 0.6 is 11.8 Å². The van der Waals surface area contributed by atoms with E-state index in [9.17, 15) is 9.59 Å². The second-order valence-corrected chi connectivity index (χ2v) is 8.87. The van der Waals surface area contributed by atoms with E-state index in [2.05, 4.69) is 20.8 Å². The molecule has 176 valence electrons. The lowest BCUT2D eigenvalue weighted by Gasteiger charge is -2.11. The van der Waals surface area contributed by atoms with Crippen molar-refractivity contribution in [3.8, 4) is 5.69 Å². The number of hydrogen-bond acceptors (Lipinski definition) is 6. The fraction of sp³-hybridized carbons (Fsp3) is 0.0357. The zero-order valence-corrected chi connectivity index (χ0v) is 19.9. The third-order valence-electron chi connectivity index (χ3n) is 5.44. The number of tetrazole rings is 1. The summed E-state index contributed by atoms with van der Waals surface area (Å²) < 4.78 is 1.69. The molecule has 0 bridgehead atoms. The van der Waals surface area contributed by atoms with E-state index < -0.39 is 0 Å². The molecular weight excluding hydrogens is 470 g/mol. The number of aromatic nitrogens is 4. The number of ketones is 1. The van der Waals surface area contributed by atoms with Gasteiger partial charge in [-0.05, 0) is 46.8 Å². The number of amides is 1. The van der Waals surface area contributed by atoms with E-state index in [1.165, 1.54) is 11.8 Å². The zero-order chi connectivity index (χ0) is 24.7. The van der Waals surface area contributed by atoms with E-state index >= 15 is 0 Å². The molecule has 0 fully saturated rings. The molecule has 0 aliphatic heterocycles. The number of carbonyl (C=O) groups is 2. The summed E-state index contributed by atoms with van der Waals surface area (Å²) in [5.74, 6) is 0.796. The van der Waals surface area contributed by atoms with Crippen molar-refractivity contribution >= 4 is 29.1 Å². The number of carbonyl (C=O) groups excluding carboxylic acids is 2. The number of benzene rings is 4. The van der Waals surface area contributed by atoms with Crippen molar-refractivity contribution in [3.05, 3.63) is 132 Å². The lowest BCUT2D eigenvalue weighted by atomic mass is 10.0. The van der Waals surface area contributed by atoms with Crippen LogP contribution in [0.25, 0.3) is 5.69 Å². The smallest absolute Gasteiger partial charge is 0.256 e. The van der Waals surface area contributed by atoms with E-state index in [1.807, 2.05) is 66.7 Å². The normalized spacial score (nSPS) is 10.7. The second-order valence-electron chi connectivity index (χ2n) is 7.86. The molecule has 0 unspecified atom stereocenters. The van der Waals surface area contributed by atoms with Gasteiger partial charge in [-0.25, -0.2) is 0 Å². The van der Waals surface area contributed by atoms with Gasteiger partial charge >= 0.3 is 0 Å². The Labute approximate surface area is 212 Å². The Hall–Kier alpha value is -4.56. The van der Waals surface area contributed by atoms with Crippen LogP contribution in [-0.4, -0.2) is 31.9 Å². The van der Waals surface area contributed by atoms with Gasteiger partial charge in [0.2, 0.25) is 0 Å². The van der Waals surface area contributed by atoms with Crippen LogP contribution in [0.5, 0.6) is 0 Å². The minimum absolute atomic E-state index is 0.0983. The highest BCUT2D eigenvalue weighted by molar-refractivity contribution is 7.98. The summed E-state index contributed by atoms with van der Waals surface area (Å²) in [4.78, 5) is 26.8. The van der Waals surface area contributed by atoms with Gasteiger partial charge in [0.1, 0.15) is 0 Å². The second kappa shape index (κ2) is 10.8. The number of nitrogens with zero attached hydrogens (tertiary/aromatic N) is 4. The van der Waals surface area contributed by atoms with E-state index in [-0.39, 0.29) is 11.7 Å². The lowest BCUT2D eigenvalue weighted by molar-refractivity contribution is 0.101. The van der Waals surface area contributed by atoms with Crippen LogP contribution in [0.2, 0.25) is 0 Å². The highest BCUT2D eigenvalue weighted by atomic mass is 32.2. The molecule has 5 rings (SSSR count). The summed E-state index contributed by atoms with van der Waals surface area (Å²) >= 11 is 1.48. The fourth-order valence-electron chi connectivity index (χ4n) is 3.68. The van der Waals surface area contributed by atoms with Gasteiger partial charge in [-0.1, -0.05) is 72.8 Å². The van der Waals surface area contributed by atoms with Crippen molar-refractivity contribution in [1.29, 1.82) is 0 Å². The van der Waals surface area contributed by atoms with Gasteiger partial charge in [-0.2, -0.15) is 4.68 Å². The average molecular weight is 492 g/mol. The Morgan fingerprint density at radius 2 is 1.47 bits per heavy atom. The third kappa shape index (κ3) is 5.24. The predicted molar refractivity (Wildman–Crippen MR) is 139 cm³/mol. The molecule has 1 aromatic heterocycles. The molecule has 0 saturated carbocycles. The van der Waals surface area contributed by atoms with Crippen molar-refractivity contribution in [2.24, 2.45) is 0 Å². The highest BCUT2D eigenvalue weighted by Crippen LogP contribution is 2.27. The molecule has 0 aliphatic carbocycles. The Kier molecular flexibility index (Phi) is 6.95. The molecule has 36 heavy (non-hydrogen) atoms. The van der Waals surface area contributed by atoms with Gasteiger partial charge in [0.25, 0.3) is 5.91 Å². The summed E-state index contributed by atoms with van der Waals surface area (Å²) in [6.45, 7) is 0. The molecular formula is C28H21N5O2S. The Balaban J connectivity index is 1.31. The van der Waals surface area contributed by atoms with Crippen LogP contribution < -0.4 is 5.32 Å². The summed E-state index contributed by atoms with van der Waals surface area (Å²) in [6, 6.07) is 33.1. The summed E-state index contributed by atoms with van der Waals surface area (Å²) in [7, 11) is 0. The summed E-state index contributed by atoms with van der Waals surface area (Å²) in [6.07, 6.45) is 0. The van der Waals surface area contributed by atoms with Gasteiger partial charge in [0.15, 0.2) is 11.6 Å². The van der Waals surface area contributed by atoms with Crippen molar-refractivity contribution in [2.75, 3.05) is 5.32 Å². The number of para-hydroxylation sites is 1. The standard InChI is InChI=1S/C28H21N5O2S/c34-27(20-10-3-1-4-11-20)21-12-9-13-22(18-21)29-28(35)24-16-7-8-17-25(24)36-19-26-30-31-32-33(26)23-14-5-2-6-15-23/h1-18H,19H2,(H,29,35). The first-order chi connectivity index (χ1) is 17.7. The quantitative estimate of drug-likeness (QED) is 0.230. The molecule has 0 aliphatic rings. The predicted octanol–water partition coefficient (Wildman–Crippen LogP) is 5.44. The monoisotopic (exact) mass is 491 g/mol. The Morgan fingerprint density at radius 1 is 0.778 bits per heavy atom. The van der Waals surface area contributed by atoms with E-state index in [1.54, 1.807) is 47.1 Å². The van der Waals surface area contributed by atoms with Crippen LogP contribution in [0.15, 0.2) is 114 Å². The summed E-state index contributed by atoms with van der Waals surface area (Å²) in [5, 5.41) is 15.0. The van der Waals surface area contributed by atoms with Gasteiger partial charge in [-0.15, -0.1) is 16.9 Å². The minimum atomic E-state index is -0.259. The Morgan fingerprint density at radius 3 is 2.28 bits per heavy atom. The molecule has 8 heteroatoms. The molecule has 0 saturated heterocycles.